The minimum absolute atomic E-state index is 0.553. The smallest absolute Gasteiger partial charge is 0.150 e. The Morgan fingerprint density at radius 1 is 0.941 bits per heavy atom. The summed E-state index contributed by atoms with van der Waals surface area (Å²) in [6.45, 7) is 0. The molecular formula is C13H9Cl2NO. The minimum atomic E-state index is 0.553. The van der Waals surface area contributed by atoms with Gasteiger partial charge in [-0.3, -0.25) is 4.79 Å². The molecule has 0 aliphatic carbocycles. The van der Waals surface area contributed by atoms with Gasteiger partial charge in [0.25, 0.3) is 0 Å². The van der Waals surface area contributed by atoms with Crippen LogP contribution in [0.1, 0.15) is 10.4 Å². The summed E-state index contributed by atoms with van der Waals surface area (Å²) in [4.78, 5) is 10.5. The Morgan fingerprint density at radius 2 is 1.53 bits per heavy atom. The molecule has 0 saturated heterocycles. The third kappa shape index (κ3) is 2.78. The van der Waals surface area contributed by atoms with E-state index in [1.807, 2.05) is 0 Å². The second kappa shape index (κ2) is 5.21. The molecule has 0 atom stereocenters. The number of carbonyl (C=O) groups is 1. The SMILES string of the molecule is O=Cc1ccc(Nc2c(Cl)cccc2Cl)cc1. The van der Waals surface area contributed by atoms with Crippen LogP contribution in [0.4, 0.5) is 11.4 Å². The number of carbonyl (C=O) groups excluding carboxylic acids is 1. The molecule has 0 saturated carbocycles. The molecule has 2 aromatic rings. The summed E-state index contributed by atoms with van der Waals surface area (Å²) in [5.41, 5.74) is 2.11. The maximum atomic E-state index is 10.5. The predicted octanol–water partition coefficient (Wildman–Crippen LogP) is 4.55. The van der Waals surface area contributed by atoms with Crippen molar-refractivity contribution < 1.29 is 4.79 Å². The minimum Gasteiger partial charge on any atom is -0.353 e. The summed E-state index contributed by atoms with van der Waals surface area (Å²) in [5, 5.41) is 4.22. The van der Waals surface area contributed by atoms with Gasteiger partial charge in [0, 0.05) is 11.3 Å². The van der Waals surface area contributed by atoms with E-state index in [9.17, 15) is 4.79 Å². The molecule has 0 spiro atoms. The second-order valence-electron chi connectivity index (χ2n) is 3.46. The van der Waals surface area contributed by atoms with Crippen LogP contribution in [-0.2, 0) is 0 Å². The number of hydrogen-bond acceptors (Lipinski definition) is 2. The molecule has 0 aliphatic heterocycles. The number of nitrogens with one attached hydrogen (secondary N) is 1. The summed E-state index contributed by atoms with van der Waals surface area (Å²) in [6, 6.07) is 12.3. The van der Waals surface area contributed by atoms with Gasteiger partial charge in [0.05, 0.1) is 15.7 Å². The molecule has 17 heavy (non-hydrogen) atoms. The summed E-state index contributed by atoms with van der Waals surface area (Å²) >= 11 is 12.1. The van der Waals surface area contributed by atoms with Gasteiger partial charge in [-0.25, -0.2) is 0 Å². The molecule has 0 bridgehead atoms. The van der Waals surface area contributed by atoms with E-state index in [1.54, 1.807) is 42.5 Å². The highest BCUT2D eigenvalue weighted by Gasteiger charge is 2.05. The van der Waals surface area contributed by atoms with Crippen molar-refractivity contribution in [2.75, 3.05) is 5.32 Å². The molecule has 2 aromatic carbocycles. The highest BCUT2D eigenvalue weighted by atomic mass is 35.5. The molecule has 0 unspecified atom stereocenters. The van der Waals surface area contributed by atoms with Crippen LogP contribution in [0.15, 0.2) is 42.5 Å². The van der Waals surface area contributed by atoms with E-state index in [2.05, 4.69) is 5.32 Å². The monoisotopic (exact) mass is 265 g/mol. The fraction of sp³-hybridized carbons (Fsp3) is 0. The molecular weight excluding hydrogens is 257 g/mol. The van der Waals surface area contributed by atoms with Crippen molar-refractivity contribution in [3.63, 3.8) is 0 Å². The number of rotatable bonds is 3. The third-order valence-electron chi connectivity index (χ3n) is 2.28. The lowest BCUT2D eigenvalue weighted by molar-refractivity contribution is 0.112. The molecule has 86 valence electrons. The first-order valence-corrected chi connectivity index (χ1v) is 5.72. The molecule has 0 radical (unpaired) electrons. The van der Waals surface area contributed by atoms with E-state index in [-0.39, 0.29) is 0 Å². The van der Waals surface area contributed by atoms with Gasteiger partial charge in [0.2, 0.25) is 0 Å². The summed E-state index contributed by atoms with van der Waals surface area (Å²) in [7, 11) is 0. The number of halogens is 2. The summed E-state index contributed by atoms with van der Waals surface area (Å²) < 4.78 is 0. The van der Waals surface area contributed by atoms with Crippen molar-refractivity contribution in [1.82, 2.24) is 0 Å². The number of para-hydroxylation sites is 1. The maximum absolute atomic E-state index is 10.5. The topological polar surface area (TPSA) is 29.1 Å². The lowest BCUT2D eigenvalue weighted by Crippen LogP contribution is -1.92. The highest BCUT2D eigenvalue weighted by Crippen LogP contribution is 2.32. The zero-order valence-electron chi connectivity index (χ0n) is 8.78. The number of hydrogen-bond donors (Lipinski definition) is 1. The Kier molecular flexibility index (Phi) is 3.67. The Hall–Kier alpha value is -1.51. The van der Waals surface area contributed by atoms with Gasteiger partial charge >= 0.3 is 0 Å². The van der Waals surface area contributed by atoms with Crippen LogP contribution >= 0.6 is 23.2 Å². The fourth-order valence-corrected chi connectivity index (χ4v) is 1.90. The standard InChI is InChI=1S/C13H9Cl2NO/c14-11-2-1-3-12(15)13(11)16-10-6-4-9(8-17)5-7-10/h1-8,16H. The summed E-state index contributed by atoms with van der Waals surface area (Å²) in [5.74, 6) is 0. The van der Waals surface area contributed by atoms with Crippen LogP contribution in [0.3, 0.4) is 0 Å². The van der Waals surface area contributed by atoms with Gasteiger partial charge < -0.3 is 5.32 Å². The third-order valence-corrected chi connectivity index (χ3v) is 2.91. The van der Waals surface area contributed by atoms with Crippen LogP contribution in [0.2, 0.25) is 10.0 Å². The van der Waals surface area contributed by atoms with E-state index < -0.39 is 0 Å². The quantitative estimate of drug-likeness (QED) is 0.825. The van der Waals surface area contributed by atoms with Crippen molar-refractivity contribution in [2.24, 2.45) is 0 Å². The Morgan fingerprint density at radius 3 is 2.06 bits per heavy atom. The van der Waals surface area contributed by atoms with Crippen LogP contribution in [-0.4, -0.2) is 6.29 Å². The molecule has 2 nitrogen and oxygen atoms in total. The zero-order chi connectivity index (χ0) is 12.3. The number of anilines is 2. The lowest BCUT2D eigenvalue weighted by Gasteiger charge is -2.10. The first kappa shape index (κ1) is 12.0. The van der Waals surface area contributed by atoms with Gasteiger partial charge in [0.15, 0.2) is 0 Å². The van der Waals surface area contributed by atoms with Crippen molar-refractivity contribution in [3.8, 4) is 0 Å². The van der Waals surface area contributed by atoms with Gasteiger partial charge in [-0.15, -0.1) is 0 Å². The van der Waals surface area contributed by atoms with Gasteiger partial charge in [-0.1, -0.05) is 29.3 Å². The Bertz CT molecular complexity index is 517. The molecule has 0 aliphatic rings. The van der Waals surface area contributed by atoms with E-state index in [1.165, 1.54) is 0 Å². The van der Waals surface area contributed by atoms with Crippen molar-refractivity contribution >= 4 is 40.9 Å². The van der Waals surface area contributed by atoms with Crippen molar-refractivity contribution in [3.05, 3.63) is 58.1 Å². The van der Waals surface area contributed by atoms with Crippen molar-refractivity contribution in [1.29, 1.82) is 0 Å². The van der Waals surface area contributed by atoms with Gasteiger partial charge in [-0.05, 0) is 36.4 Å². The average molecular weight is 266 g/mol. The normalized spacial score (nSPS) is 10.0. The summed E-state index contributed by atoms with van der Waals surface area (Å²) in [6.07, 6.45) is 0.798. The van der Waals surface area contributed by atoms with Crippen LogP contribution in [0.25, 0.3) is 0 Å². The van der Waals surface area contributed by atoms with E-state index in [0.717, 1.165) is 12.0 Å². The van der Waals surface area contributed by atoms with Crippen LogP contribution in [0.5, 0.6) is 0 Å². The molecule has 0 amide bonds. The fourth-order valence-electron chi connectivity index (χ4n) is 1.41. The highest BCUT2D eigenvalue weighted by molar-refractivity contribution is 6.39. The van der Waals surface area contributed by atoms with E-state index in [4.69, 9.17) is 23.2 Å². The number of aldehydes is 1. The molecule has 0 heterocycles. The van der Waals surface area contributed by atoms with Crippen LogP contribution < -0.4 is 5.32 Å². The zero-order valence-corrected chi connectivity index (χ0v) is 10.3. The Balaban J connectivity index is 2.28. The van der Waals surface area contributed by atoms with Gasteiger partial charge in [0.1, 0.15) is 6.29 Å². The molecule has 2 rings (SSSR count). The first-order chi connectivity index (χ1) is 8.20. The molecule has 1 N–H and O–H groups in total. The van der Waals surface area contributed by atoms with E-state index in [0.29, 0.717) is 21.3 Å². The molecule has 0 fully saturated rings. The van der Waals surface area contributed by atoms with Crippen molar-refractivity contribution in [2.45, 2.75) is 0 Å². The lowest BCUT2D eigenvalue weighted by atomic mass is 10.2. The molecule has 0 aromatic heterocycles. The largest absolute Gasteiger partial charge is 0.353 e. The maximum Gasteiger partial charge on any atom is 0.150 e. The Labute approximate surface area is 109 Å². The van der Waals surface area contributed by atoms with Gasteiger partial charge in [-0.2, -0.15) is 0 Å². The second-order valence-corrected chi connectivity index (χ2v) is 4.28. The first-order valence-electron chi connectivity index (χ1n) is 4.97. The number of benzene rings is 2. The van der Waals surface area contributed by atoms with E-state index >= 15 is 0 Å². The van der Waals surface area contributed by atoms with Crippen LogP contribution in [0, 0.1) is 0 Å². The average Bonchev–Trinajstić information content (AvgIpc) is 2.35. The predicted molar refractivity (Wildman–Crippen MR) is 71.6 cm³/mol. The molecule has 4 heteroatoms.